The molecule has 2 unspecified atom stereocenters. The van der Waals surface area contributed by atoms with E-state index in [4.69, 9.17) is 16.7 Å². The van der Waals surface area contributed by atoms with E-state index in [0.29, 0.717) is 25.1 Å². The fourth-order valence-corrected chi connectivity index (χ4v) is 2.02. The van der Waals surface area contributed by atoms with Gasteiger partial charge in [0, 0.05) is 12.5 Å². The third-order valence-electron chi connectivity index (χ3n) is 2.75. The summed E-state index contributed by atoms with van der Waals surface area (Å²) >= 11 is 5.55. The quantitative estimate of drug-likeness (QED) is 0.652. The monoisotopic (exact) mass is 258 g/mol. The number of hydrogen-bond donors (Lipinski definition) is 3. The Balaban J connectivity index is 2.80. The number of benzene rings is 1. The smallest absolute Gasteiger partial charge is 0.105 e. The molecule has 0 heterocycles. The third kappa shape index (κ3) is 4.28. The molecule has 3 nitrogen and oxygen atoms in total. The number of aliphatic hydroxyl groups excluding tert-OH is 3. The van der Waals surface area contributed by atoms with Gasteiger partial charge in [0.05, 0.1) is 6.10 Å². The van der Waals surface area contributed by atoms with Crippen LogP contribution in [0.4, 0.5) is 0 Å². The summed E-state index contributed by atoms with van der Waals surface area (Å²) in [5.74, 6) is 0.317. The van der Waals surface area contributed by atoms with Crippen LogP contribution in [0.1, 0.15) is 30.1 Å². The molecule has 1 aromatic carbocycles. The fourth-order valence-electron chi connectivity index (χ4n) is 1.80. The van der Waals surface area contributed by atoms with E-state index < -0.39 is 12.2 Å². The average Bonchev–Trinajstić information content (AvgIpc) is 2.36. The van der Waals surface area contributed by atoms with E-state index in [1.165, 1.54) is 0 Å². The van der Waals surface area contributed by atoms with Gasteiger partial charge < -0.3 is 15.3 Å². The zero-order valence-electron chi connectivity index (χ0n) is 9.72. The van der Waals surface area contributed by atoms with Crippen LogP contribution in [0.3, 0.4) is 0 Å². The van der Waals surface area contributed by atoms with Crippen LogP contribution in [-0.2, 0) is 6.42 Å². The molecule has 0 saturated heterocycles. The first kappa shape index (κ1) is 14.5. The summed E-state index contributed by atoms with van der Waals surface area (Å²) in [6, 6.07) is 7.42. The van der Waals surface area contributed by atoms with Crippen LogP contribution >= 0.6 is 11.6 Å². The average molecular weight is 259 g/mol. The summed E-state index contributed by atoms with van der Waals surface area (Å²) in [5.41, 5.74) is 1.68. The highest BCUT2D eigenvalue weighted by Gasteiger charge is 2.19. The number of alkyl halides is 1. The van der Waals surface area contributed by atoms with Crippen molar-refractivity contribution in [1.29, 1.82) is 0 Å². The molecule has 0 radical (unpaired) electrons. The highest BCUT2D eigenvalue weighted by Crippen LogP contribution is 2.23. The van der Waals surface area contributed by atoms with Crippen LogP contribution in [0.5, 0.6) is 0 Å². The van der Waals surface area contributed by atoms with Gasteiger partial charge in [0.2, 0.25) is 0 Å². The SMILES string of the molecule is OCCCc1ccccc1C(O)C(O)CCCl. The van der Waals surface area contributed by atoms with Gasteiger partial charge in [-0.05, 0) is 30.4 Å². The Bertz CT molecular complexity index is 330. The largest absolute Gasteiger partial charge is 0.396 e. The molecule has 1 aromatic rings. The van der Waals surface area contributed by atoms with Crippen molar-refractivity contribution in [2.24, 2.45) is 0 Å². The minimum atomic E-state index is -0.913. The van der Waals surface area contributed by atoms with Gasteiger partial charge in [-0.3, -0.25) is 0 Å². The maximum atomic E-state index is 10.0. The first-order valence-corrected chi connectivity index (χ1v) is 6.35. The van der Waals surface area contributed by atoms with Crippen molar-refractivity contribution < 1.29 is 15.3 Å². The zero-order valence-corrected chi connectivity index (χ0v) is 10.5. The van der Waals surface area contributed by atoms with Gasteiger partial charge in [-0.15, -0.1) is 11.6 Å². The molecule has 0 spiro atoms. The van der Waals surface area contributed by atoms with Crippen molar-refractivity contribution in [3.63, 3.8) is 0 Å². The Morgan fingerprint density at radius 2 is 1.88 bits per heavy atom. The highest BCUT2D eigenvalue weighted by atomic mass is 35.5. The Labute approximate surface area is 107 Å². The van der Waals surface area contributed by atoms with E-state index in [9.17, 15) is 10.2 Å². The normalized spacial score (nSPS) is 14.6. The van der Waals surface area contributed by atoms with Crippen molar-refractivity contribution in [3.8, 4) is 0 Å². The first-order valence-electron chi connectivity index (χ1n) is 5.81. The van der Waals surface area contributed by atoms with E-state index in [-0.39, 0.29) is 6.61 Å². The van der Waals surface area contributed by atoms with Crippen LogP contribution in [0, 0.1) is 0 Å². The summed E-state index contributed by atoms with van der Waals surface area (Å²) in [5, 5.41) is 28.6. The summed E-state index contributed by atoms with van der Waals surface area (Å²) in [4.78, 5) is 0. The Morgan fingerprint density at radius 1 is 1.18 bits per heavy atom. The van der Waals surface area contributed by atoms with Crippen LogP contribution in [0.15, 0.2) is 24.3 Å². The van der Waals surface area contributed by atoms with Gasteiger partial charge in [0.15, 0.2) is 0 Å². The molecule has 0 aromatic heterocycles. The molecule has 0 saturated carbocycles. The van der Waals surface area contributed by atoms with Crippen molar-refractivity contribution in [1.82, 2.24) is 0 Å². The van der Waals surface area contributed by atoms with Gasteiger partial charge in [-0.2, -0.15) is 0 Å². The molecule has 17 heavy (non-hydrogen) atoms. The minimum Gasteiger partial charge on any atom is -0.396 e. The summed E-state index contributed by atoms with van der Waals surface area (Å²) in [7, 11) is 0. The van der Waals surface area contributed by atoms with Crippen LogP contribution in [-0.4, -0.2) is 33.9 Å². The maximum absolute atomic E-state index is 10.0. The van der Waals surface area contributed by atoms with E-state index >= 15 is 0 Å². The number of aryl methyl sites for hydroxylation is 1. The molecule has 1 rings (SSSR count). The molecule has 0 aliphatic heterocycles. The summed E-state index contributed by atoms with van der Waals surface area (Å²) in [6.07, 6.45) is -0.0598. The second-order valence-corrected chi connectivity index (χ2v) is 4.39. The lowest BCUT2D eigenvalue weighted by atomic mass is 9.95. The molecule has 0 fully saturated rings. The lowest BCUT2D eigenvalue weighted by Crippen LogP contribution is -2.20. The Kier molecular flexibility index (Phi) is 6.52. The van der Waals surface area contributed by atoms with E-state index in [1.54, 1.807) is 6.07 Å². The zero-order chi connectivity index (χ0) is 12.7. The van der Waals surface area contributed by atoms with Crippen molar-refractivity contribution in [2.75, 3.05) is 12.5 Å². The Morgan fingerprint density at radius 3 is 2.53 bits per heavy atom. The van der Waals surface area contributed by atoms with Crippen LogP contribution in [0.25, 0.3) is 0 Å². The molecule has 0 bridgehead atoms. The summed E-state index contributed by atoms with van der Waals surface area (Å²) < 4.78 is 0. The number of halogens is 1. The predicted molar refractivity (Wildman–Crippen MR) is 68.2 cm³/mol. The summed E-state index contributed by atoms with van der Waals surface area (Å²) in [6.45, 7) is 0.120. The molecule has 2 atom stereocenters. The third-order valence-corrected chi connectivity index (χ3v) is 2.97. The van der Waals surface area contributed by atoms with Gasteiger partial charge in [0.25, 0.3) is 0 Å². The van der Waals surface area contributed by atoms with Crippen LogP contribution < -0.4 is 0 Å². The molecule has 96 valence electrons. The fraction of sp³-hybridized carbons (Fsp3) is 0.538. The lowest BCUT2D eigenvalue weighted by molar-refractivity contribution is 0.0164. The second-order valence-electron chi connectivity index (χ2n) is 4.02. The van der Waals surface area contributed by atoms with Gasteiger partial charge in [-0.25, -0.2) is 0 Å². The molecular formula is C13H19ClO3. The molecule has 3 N–H and O–H groups in total. The standard InChI is InChI=1S/C13H19ClO3/c14-8-7-12(16)13(17)11-6-2-1-4-10(11)5-3-9-15/h1-2,4,6,12-13,15-17H,3,5,7-9H2. The second kappa shape index (κ2) is 7.67. The topological polar surface area (TPSA) is 60.7 Å². The molecule has 0 amide bonds. The highest BCUT2D eigenvalue weighted by molar-refractivity contribution is 6.17. The number of rotatable bonds is 7. The van der Waals surface area contributed by atoms with Gasteiger partial charge in [0.1, 0.15) is 6.10 Å². The van der Waals surface area contributed by atoms with Crippen LogP contribution in [0.2, 0.25) is 0 Å². The van der Waals surface area contributed by atoms with Gasteiger partial charge >= 0.3 is 0 Å². The predicted octanol–water partition coefficient (Wildman–Crippen LogP) is 1.63. The Hall–Kier alpha value is -0.610. The lowest BCUT2D eigenvalue weighted by Gasteiger charge is -2.20. The van der Waals surface area contributed by atoms with Crippen molar-refractivity contribution in [2.45, 2.75) is 31.5 Å². The minimum absolute atomic E-state index is 0.120. The van der Waals surface area contributed by atoms with E-state index in [2.05, 4.69) is 0 Å². The molecule has 4 heteroatoms. The van der Waals surface area contributed by atoms with E-state index in [0.717, 1.165) is 11.1 Å². The molecule has 0 aliphatic rings. The molecular weight excluding hydrogens is 240 g/mol. The van der Waals surface area contributed by atoms with Crippen molar-refractivity contribution in [3.05, 3.63) is 35.4 Å². The molecule has 0 aliphatic carbocycles. The number of aliphatic hydroxyl groups is 3. The maximum Gasteiger partial charge on any atom is 0.105 e. The number of hydrogen-bond acceptors (Lipinski definition) is 3. The van der Waals surface area contributed by atoms with E-state index in [1.807, 2.05) is 18.2 Å². The van der Waals surface area contributed by atoms with Gasteiger partial charge in [-0.1, -0.05) is 24.3 Å². The van der Waals surface area contributed by atoms with Crippen molar-refractivity contribution >= 4 is 11.6 Å². The first-order chi connectivity index (χ1) is 8.20.